The van der Waals surface area contributed by atoms with Crippen molar-refractivity contribution in [1.82, 2.24) is 15.5 Å². The molecule has 7 heteroatoms. The van der Waals surface area contributed by atoms with Crippen LogP contribution in [0.15, 0.2) is 40.3 Å². The van der Waals surface area contributed by atoms with E-state index in [4.69, 9.17) is 4.42 Å². The number of carbonyl (C=O) groups excluding carboxylic acids is 2. The SMILES string of the molecule is O=C(CN1CCC[C@H]1c1cccs1)NC(=O)NCc1ccco1. The lowest BCUT2D eigenvalue weighted by Gasteiger charge is -2.22. The van der Waals surface area contributed by atoms with E-state index in [0.717, 1.165) is 19.4 Å². The fourth-order valence-electron chi connectivity index (χ4n) is 2.79. The Balaban J connectivity index is 1.46. The Kier molecular flexibility index (Phi) is 5.09. The van der Waals surface area contributed by atoms with Crippen molar-refractivity contribution in [3.8, 4) is 0 Å². The lowest BCUT2D eigenvalue weighted by Crippen LogP contribution is -2.44. The van der Waals surface area contributed by atoms with Crippen LogP contribution in [0.3, 0.4) is 0 Å². The molecule has 1 saturated heterocycles. The van der Waals surface area contributed by atoms with Crippen LogP contribution in [0.5, 0.6) is 0 Å². The number of amides is 3. The Morgan fingerprint density at radius 3 is 3.00 bits per heavy atom. The highest BCUT2D eigenvalue weighted by Gasteiger charge is 2.28. The topological polar surface area (TPSA) is 74.6 Å². The van der Waals surface area contributed by atoms with Gasteiger partial charge in [0.25, 0.3) is 0 Å². The number of rotatable bonds is 5. The number of imide groups is 1. The van der Waals surface area contributed by atoms with Gasteiger partial charge in [0.05, 0.1) is 19.4 Å². The second kappa shape index (κ2) is 7.43. The van der Waals surface area contributed by atoms with Crippen molar-refractivity contribution in [3.63, 3.8) is 0 Å². The Morgan fingerprint density at radius 2 is 2.26 bits per heavy atom. The van der Waals surface area contributed by atoms with E-state index in [2.05, 4.69) is 21.6 Å². The van der Waals surface area contributed by atoms with Gasteiger partial charge in [-0.1, -0.05) is 6.07 Å². The van der Waals surface area contributed by atoms with Gasteiger partial charge in [0.2, 0.25) is 5.91 Å². The number of thiophene rings is 1. The minimum Gasteiger partial charge on any atom is -0.467 e. The number of urea groups is 1. The number of hydrogen-bond acceptors (Lipinski definition) is 5. The summed E-state index contributed by atoms with van der Waals surface area (Å²) < 4.78 is 5.12. The summed E-state index contributed by atoms with van der Waals surface area (Å²) >= 11 is 1.71. The summed E-state index contributed by atoms with van der Waals surface area (Å²) in [7, 11) is 0. The number of likely N-dealkylation sites (tertiary alicyclic amines) is 1. The Morgan fingerprint density at radius 1 is 1.35 bits per heavy atom. The zero-order valence-corrected chi connectivity index (χ0v) is 13.5. The molecule has 2 aromatic rings. The smallest absolute Gasteiger partial charge is 0.321 e. The van der Waals surface area contributed by atoms with Crippen molar-refractivity contribution in [2.75, 3.05) is 13.1 Å². The summed E-state index contributed by atoms with van der Waals surface area (Å²) in [4.78, 5) is 27.2. The van der Waals surface area contributed by atoms with E-state index in [0.29, 0.717) is 5.76 Å². The summed E-state index contributed by atoms with van der Waals surface area (Å²) in [5.41, 5.74) is 0. The van der Waals surface area contributed by atoms with Crippen molar-refractivity contribution < 1.29 is 14.0 Å². The third-order valence-electron chi connectivity index (χ3n) is 3.84. The maximum atomic E-state index is 12.1. The first-order chi connectivity index (χ1) is 11.2. The van der Waals surface area contributed by atoms with Crippen molar-refractivity contribution in [3.05, 3.63) is 46.5 Å². The van der Waals surface area contributed by atoms with E-state index in [9.17, 15) is 9.59 Å². The highest BCUT2D eigenvalue weighted by Crippen LogP contribution is 2.33. The standard InChI is InChI=1S/C16H19N3O3S/c20-15(18-16(21)17-10-12-4-2-8-22-12)11-19-7-1-5-13(19)14-6-3-9-23-14/h2-4,6,8-9,13H,1,5,7,10-11H2,(H2,17,18,20,21)/t13-/m0/s1. The molecular formula is C16H19N3O3S. The van der Waals surface area contributed by atoms with Crippen LogP contribution in [0, 0.1) is 0 Å². The van der Waals surface area contributed by atoms with E-state index in [1.807, 2.05) is 11.4 Å². The third kappa shape index (κ3) is 4.20. The summed E-state index contributed by atoms with van der Waals surface area (Å²) in [6.45, 7) is 1.37. The molecule has 3 amide bonds. The second-order valence-corrected chi connectivity index (χ2v) is 6.43. The van der Waals surface area contributed by atoms with Crippen LogP contribution < -0.4 is 10.6 Å². The highest BCUT2D eigenvalue weighted by atomic mass is 32.1. The second-order valence-electron chi connectivity index (χ2n) is 5.45. The Hall–Kier alpha value is -2.12. The zero-order valence-electron chi connectivity index (χ0n) is 12.7. The molecule has 3 rings (SSSR count). The molecule has 6 nitrogen and oxygen atoms in total. The molecule has 2 aromatic heterocycles. The molecule has 23 heavy (non-hydrogen) atoms. The molecule has 0 saturated carbocycles. The quantitative estimate of drug-likeness (QED) is 0.882. The Labute approximate surface area is 138 Å². The maximum absolute atomic E-state index is 12.1. The molecule has 0 bridgehead atoms. The monoisotopic (exact) mass is 333 g/mol. The summed E-state index contributed by atoms with van der Waals surface area (Å²) in [5.74, 6) is 0.357. The molecular weight excluding hydrogens is 314 g/mol. The first-order valence-electron chi connectivity index (χ1n) is 7.60. The third-order valence-corrected chi connectivity index (χ3v) is 4.81. The zero-order chi connectivity index (χ0) is 16.1. The van der Waals surface area contributed by atoms with Crippen LogP contribution in [0.4, 0.5) is 4.79 Å². The number of furan rings is 1. The van der Waals surface area contributed by atoms with E-state index in [1.165, 1.54) is 11.1 Å². The van der Waals surface area contributed by atoms with E-state index in [1.54, 1.807) is 23.5 Å². The molecule has 0 unspecified atom stereocenters. The van der Waals surface area contributed by atoms with Crippen LogP contribution in [0.1, 0.15) is 29.5 Å². The lowest BCUT2D eigenvalue weighted by atomic mass is 10.2. The van der Waals surface area contributed by atoms with Gasteiger partial charge >= 0.3 is 6.03 Å². The highest BCUT2D eigenvalue weighted by molar-refractivity contribution is 7.10. The summed E-state index contributed by atoms with van der Waals surface area (Å²) in [5, 5.41) is 7.01. The molecule has 0 aliphatic carbocycles. The molecule has 1 fully saturated rings. The number of carbonyl (C=O) groups is 2. The molecule has 0 aromatic carbocycles. The molecule has 3 heterocycles. The first kappa shape index (κ1) is 15.8. The molecule has 1 aliphatic heterocycles. The van der Waals surface area contributed by atoms with Gasteiger partial charge in [-0.2, -0.15) is 0 Å². The fraction of sp³-hybridized carbons (Fsp3) is 0.375. The summed E-state index contributed by atoms with van der Waals surface area (Å²) in [6, 6.07) is 7.42. The van der Waals surface area contributed by atoms with Crippen LogP contribution in [0.25, 0.3) is 0 Å². The lowest BCUT2D eigenvalue weighted by molar-refractivity contribution is -0.121. The molecule has 122 valence electrons. The minimum absolute atomic E-state index is 0.233. The van der Waals surface area contributed by atoms with E-state index in [-0.39, 0.29) is 25.0 Å². The van der Waals surface area contributed by atoms with Gasteiger partial charge in [0, 0.05) is 10.9 Å². The average Bonchev–Trinajstić information content (AvgIpc) is 3.27. The van der Waals surface area contributed by atoms with Gasteiger partial charge < -0.3 is 9.73 Å². The molecule has 2 N–H and O–H groups in total. The maximum Gasteiger partial charge on any atom is 0.321 e. The predicted octanol–water partition coefficient (Wildman–Crippen LogP) is 2.50. The van der Waals surface area contributed by atoms with Gasteiger partial charge in [0.1, 0.15) is 5.76 Å². The van der Waals surface area contributed by atoms with Crippen LogP contribution in [-0.2, 0) is 11.3 Å². The van der Waals surface area contributed by atoms with Crippen molar-refractivity contribution >= 4 is 23.3 Å². The van der Waals surface area contributed by atoms with Crippen LogP contribution in [0.2, 0.25) is 0 Å². The number of hydrogen-bond donors (Lipinski definition) is 2. The molecule has 0 spiro atoms. The summed E-state index contributed by atoms with van der Waals surface area (Å²) in [6.07, 6.45) is 3.66. The average molecular weight is 333 g/mol. The van der Waals surface area contributed by atoms with Gasteiger partial charge in [-0.3, -0.25) is 15.0 Å². The van der Waals surface area contributed by atoms with E-state index < -0.39 is 6.03 Å². The number of nitrogens with one attached hydrogen (secondary N) is 2. The van der Waals surface area contributed by atoms with Crippen LogP contribution >= 0.6 is 11.3 Å². The molecule has 0 radical (unpaired) electrons. The van der Waals surface area contributed by atoms with Crippen LogP contribution in [-0.4, -0.2) is 29.9 Å². The normalized spacial score (nSPS) is 18.0. The fourth-order valence-corrected chi connectivity index (χ4v) is 3.69. The predicted molar refractivity (Wildman–Crippen MR) is 87.0 cm³/mol. The van der Waals surface area contributed by atoms with Crippen molar-refractivity contribution in [2.45, 2.75) is 25.4 Å². The van der Waals surface area contributed by atoms with Gasteiger partial charge in [-0.25, -0.2) is 4.79 Å². The van der Waals surface area contributed by atoms with E-state index >= 15 is 0 Å². The number of nitrogens with zero attached hydrogens (tertiary/aromatic N) is 1. The van der Waals surface area contributed by atoms with Gasteiger partial charge in [0.15, 0.2) is 0 Å². The van der Waals surface area contributed by atoms with Gasteiger partial charge in [-0.15, -0.1) is 11.3 Å². The van der Waals surface area contributed by atoms with Crippen molar-refractivity contribution in [1.29, 1.82) is 0 Å². The van der Waals surface area contributed by atoms with Gasteiger partial charge in [-0.05, 0) is 43.0 Å². The first-order valence-corrected chi connectivity index (χ1v) is 8.48. The molecule has 1 aliphatic rings. The Bertz CT molecular complexity index is 640. The largest absolute Gasteiger partial charge is 0.467 e. The van der Waals surface area contributed by atoms with Crippen molar-refractivity contribution in [2.24, 2.45) is 0 Å². The minimum atomic E-state index is -0.502. The molecule has 1 atom stereocenters.